The van der Waals surface area contributed by atoms with Crippen molar-refractivity contribution in [2.24, 2.45) is 0 Å². The van der Waals surface area contributed by atoms with Crippen molar-refractivity contribution >= 4 is 27.8 Å². The van der Waals surface area contributed by atoms with Gasteiger partial charge in [0.05, 0.1) is 19.1 Å². The lowest BCUT2D eigenvalue weighted by Crippen LogP contribution is -2.47. The highest BCUT2D eigenvalue weighted by atomic mass is 79.9. The van der Waals surface area contributed by atoms with Crippen molar-refractivity contribution in [3.63, 3.8) is 0 Å². The zero-order chi connectivity index (χ0) is 19.4. The van der Waals surface area contributed by atoms with E-state index in [0.29, 0.717) is 43.1 Å². The lowest BCUT2D eigenvalue weighted by atomic mass is 9.73. The van der Waals surface area contributed by atoms with Gasteiger partial charge in [-0.05, 0) is 43.5 Å². The molecule has 27 heavy (non-hydrogen) atoms. The molecule has 1 N–H and O–H groups in total. The summed E-state index contributed by atoms with van der Waals surface area (Å²) in [5.74, 6) is 0.463. The quantitative estimate of drug-likeness (QED) is 0.727. The molecule has 6 nitrogen and oxygen atoms in total. The standard InChI is InChI=1S/C20H22BrNO5/c1-13-17(18(23)25-2)11-16(27-13)12-22-19(24)20(7-9-26-10-8-20)14-3-5-15(21)6-4-14/h3-6,11H,7-10,12H2,1-2H3,(H,22,24). The van der Waals surface area contributed by atoms with Crippen molar-refractivity contribution in [1.82, 2.24) is 5.32 Å². The molecular weight excluding hydrogens is 414 g/mol. The number of amides is 1. The minimum atomic E-state index is -0.633. The van der Waals surface area contributed by atoms with Gasteiger partial charge in [-0.2, -0.15) is 0 Å². The SMILES string of the molecule is COC(=O)c1cc(CNC(=O)C2(c3ccc(Br)cc3)CCOCC2)oc1C. The summed E-state index contributed by atoms with van der Waals surface area (Å²) in [7, 11) is 1.32. The number of furan rings is 1. The largest absolute Gasteiger partial charge is 0.465 e. The van der Waals surface area contributed by atoms with Crippen molar-refractivity contribution in [1.29, 1.82) is 0 Å². The molecule has 2 heterocycles. The summed E-state index contributed by atoms with van der Waals surface area (Å²) in [6.07, 6.45) is 1.23. The molecule has 7 heteroatoms. The maximum Gasteiger partial charge on any atom is 0.341 e. The van der Waals surface area contributed by atoms with Gasteiger partial charge in [0.1, 0.15) is 17.1 Å². The van der Waals surface area contributed by atoms with Crippen molar-refractivity contribution < 1.29 is 23.5 Å². The topological polar surface area (TPSA) is 77.8 Å². The fraction of sp³-hybridized carbons (Fsp3) is 0.400. The fourth-order valence-electron chi connectivity index (χ4n) is 3.42. The van der Waals surface area contributed by atoms with E-state index in [1.807, 2.05) is 24.3 Å². The highest BCUT2D eigenvalue weighted by Gasteiger charge is 2.41. The molecule has 1 aliphatic heterocycles. The molecule has 0 atom stereocenters. The number of carbonyl (C=O) groups excluding carboxylic acids is 2. The Bertz CT molecular complexity index is 821. The number of nitrogens with one attached hydrogen (secondary N) is 1. The van der Waals surface area contributed by atoms with Crippen molar-refractivity contribution in [2.75, 3.05) is 20.3 Å². The van der Waals surface area contributed by atoms with Crippen LogP contribution < -0.4 is 5.32 Å². The van der Waals surface area contributed by atoms with Crippen LogP contribution in [0.15, 0.2) is 39.2 Å². The van der Waals surface area contributed by atoms with Crippen molar-refractivity contribution in [2.45, 2.75) is 31.7 Å². The van der Waals surface area contributed by atoms with Gasteiger partial charge in [-0.15, -0.1) is 0 Å². The van der Waals surface area contributed by atoms with E-state index in [2.05, 4.69) is 21.2 Å². The van der Waals surface area contributed by atoms with Crippen LogP contribution in [0.1, 0.15) is 40.3 Å². The highest BCUT2D eigenvalue weighted by Crippen LogP contribution is 2.36. The Morgan fingerprint density at radius 3 is 2.52 bits per heavy atom. The first-order valence-electron chi connectivity index (χ1n) is 8.76. The predicted molar refractivity (Wildman–Crippen MR) is 103 cm³/mol. The average molecular weight is 436 g/mol. The van der Waals surface area contributed by atoms with Gasteiger partial charge in [0.25, 0.3) is 0 Å². The summed E-state index contributed by atoms with van der Waals surface area (Å²) in [6, 6.07) is 9.44. The summed E-state index contributed by atoms with van der Waals surface area (Å²) < 4.78 is 16.8. The first-order valence-corrected chi connectivity index (χ1v) is 9.55. The van der Waals surface area contributed by atoms with Crippen molar-refractivity contribution in [3.8, 4) is 0 Å². The lowest BCUT2D eigenvalue weighted by molar-refractivity contribution is -0.130. The van der Waals surface area contributed by atoms with Crippen LogP contribution in [0.3, 0.4) is 0 Å². The van der Waals surface area contributed by atoms with Gasteiger partial charge in [0.15, 0.2) is 0 Å². The zero-order valence-corrected chi connectivity index (χ0v) is 16.9. The van der Waals surface area contributed by atoms with Gasteiger partial charge in [-0.25, -0.2) is 4.79 Å². The average Bonchev–Trinajstić information content (AvgIpc) is 3.07. The molecule has 1 fully saturated rings. The summed E-state index contributed by atoms with van der Waals surface area (Å²) in [6.45, 7) is 2.97. The van der Waals surface area contributed by atoms with Gasteiger partial charge in [-0.1, -0.05) is 28.1 Å². The molecule has 1 aliphatic rings. The monoisotopic (exact) mass is 435 g/mol. The predicted octanol–water partition coefficient (Wildman–Crippen LogP) is 3.50. The Labute approximate surface area is 166 Å². The van der Waals surface area contributed by atoms with E-state index in [9.17, 15) is 9.59 Å². The number of ether oxygens (including phenoxy) is 2. The number of aryl methyl sites for hydroxylation is 1. The molecule has 0 aliphatic carbocycles. The number of hydrogen-bond donors (Lipinski definition) is 1. The second-order valence-corrected chi connectivity index (χ2v) is 7.47. The molecule has 3 rings (SSSR count). The summed E-state index contributed by atoms with van der Waals surface area (Å²) in [5, 5.41) is 2.97. The van der Waals surface area contributed by atoms with Crippen LogP contribution in [0, 0.1) is 6.92 Å². The van der Waals surface area contributed by atoms with Crippen LogP contribution >= 0.6 is 15.9 Å². The van der Waals surface area contributed by atoms with E-state index in [1.165, 1.54) is 7.11 Å². The van der Waals surface area contributed by atoms with Gasteiger partial charge in [0, 0.05) is 17.7 Å². The number of carbonyl (C=O) groups is 2. The molecule has 0 radical (unpaired) electrons. The van der Waals surface area contributed by atoms with Crippen LogP contribution in [0.4, 0.5) is 0 Å². The van der Waals surface area contributed by atoms with Gasteiger partial charge >= 0.3 is 5.97 Å². The summed E-state index contributed by atoms with van der Waals surface area (Å²) in [5.41, 5.74) is 0.707. The molecule has 1 amide bonds. The summed E-state index contributed by atoms with van der Waals surface area (Å²) >= 11 is 3.44. The second-order valence-electron chi connectivity index (χ2n) is 6.56. The molecule has 0 unspecified atom stereocenters. The number of benzene rings is 1. The minimum Gasteiger partial charge on any atom is -0.465 e. The van der Waals surface area contributed by atoms with E-state index >= 15 is 0 Å². The second kappa shape index (κ2) is 8.27. The summed E-state index contributed by atoms with van der Waals surface area (Å²) in [4.78, 5) is 24.9. The molecule has 0 spiro atoms. The van der Waals surface area contributed by atoms with Crippen LogP contribution in [0.2, 0.25) is 0 Å². The molecule has 2 aromatic rings. The number of rotatable bonds is 5. The first-order chi connectivity index (χ1) is 13.0. The molecule has 144 valence electrons. The number of methoxy groups -OCH3 is 1. The highest BCUT2D eigenvalue weighted by molar-refractivity contribution is 9.10. The molecule has 0 saturated carbocycles. The Morgan fingerprint density at radius 1 is 1.22 bits per heavy atom. The molecule has 1 aromatic heterocycles. The minimum absolute atomic E-state index is 0.0678. The fourth-order valence-corrected chi connectivity index (χ4v) is 3.68. The lowest BCUT2D eigenvalue weighted by Gasteiger charge is -2.36. The Balaban J connectivity index is 1.77. The molecule has 1 aromatic carbocycles. The van der Waals surface area contributed by atoms with Gasteiger partial charge < -0.3 is 19.2 Å². The number of hydrogen-bond acceptors (Lipinski definition) is 5. The van der Waals surface area contributed by atoms with E-state index in [0.717, 1.165) is 10.0 Å². The molecular formula is C20H22BrNO5. The Morgan fingerprint density at radius 2 is 1.89 bits per heavy atom. The smallest absolute Gasteiger partial charge is 0.341 e. The third-order valence-electron chi connectivity index (χ3n) is 4.98. The number of halogens is 1. The molecule has 1 saturated heterocycles. The Hall–Kier alpha value is -2.12. The van der Waals surface area contributed by atoms with Crippen LogP contribution in [0.5, 0.6) is 0 Å². The van der Waals surface area contributed by atoms with E-state index in [-0.39, 0.29) is 12.5 Å². The first kappa shape index (κ1) is 19.6. The van der Waals surface area contributed by atoms with E-state index in [4.69, 9.17) is 13.9 Å². The van der Waals surface area contributed by atoms with E-state index in [1.54, 1.807) is 13.0 Å². The maximum atomic E-state index is 13.1. The third kappa shape index (κ3) is 4.09. The van der Waals surface area contributed by atoms with Crippen LogP contribution in [-0.4, -0.2) is 32.2 Å². The van der Waals surface area contributed by atoms with Gasteiger partial charge in [-0.3, -0.25) is 4.79 Å². The molecule has 0 bridgehead atoms. The number of esters is 1. The van der Waals surface area contributed by atoms with E-state index < -0.39 is 11.4 Å². The normalized spacial score (nSPS) is 16.0. The zero-order valence-electron chi connectivity index (χ0n) is 15.3. The van der Waals surface area contributed by atoms with Gasteiger partial charge in [0.2, 0.25) is 5.91 Å². The Kier molecular flexibility index (Phi) is 6.01. The third-order valence-corrected chi connectivity index (χ3v) is 5.50. The van der Waals surface area contributed by atoms with Crippen LogP contribution in [0.25, 0.3) is 0 Å². The van der Waals surface area contributed by atoms with Crippen molar-refractivity contribution in [3.05, 3.63) is 57.5 Å². The van der Waals surface area contributed by atoms with Crippen LogP contribution in [-0.2, 0) is 26.2 Å². The maximum absolute atomic E-state index is 13.1.